The second-order valence-corrected chi connectivity index (χ2v) is 7.37. The molecule has 9 heteroatoms. The molecule has 146 valence electrons. The highest BCUT2D eigenvalue weighted by Crippen LogP contribution is 2.16. The Morgan fingerprint density at radius 2 is 2.04 bits per heavy atom. The first-order valence-corrected chi connectivity index (χ1v) is 10.1. The van der Waals surface area contributed by atoms with E-state index < -0.39 is 0 Å². The number of amides is 1. The third kappa shape index (κ3) is 3.84. The highest BCUT2D eigenvalue weighted by molar-refractivity contribution is 7.15. The van der Waals surface area contributed by atoms with Gasteiger partial charge in [0.2, 0.25) is 5.91 Å². The van der Waals surface area contributed by atoms with Gasteiger partial charge in [-0.1, -0.05) is 0 Å². The third-order valence-electron chi connectivity index (χ3n) is 4.69. The molecule has 4 heterocycles. The van der Waals surface area contributed by atoms with E-state index in [1.165, 1.54) is 6.20 Å². The van der Waals surface area contributed by atoms with Gasteiger partial charge in [-0.25, -0.2) is 14.8 Å². The van der Waals surface area contributed by atoms with Crippen molar-refractivity contribution in [1.29, 1.82) is 0 Å². The van der Waals surface area contributed by atoms with E-state index in [9.17, 15) is 9.59 Å². The lowest BCUT2D eigenvalue weighted by Crippen LogP contribution is -2.49. The van der Waals surface area contributed by atoms with Gasteiger partial charge in [0.25, 0.3) is 0 Å². The molecule has 0 atom stereocenters. The third-order valence-corrected chi connectivity index (χ3v) is 5.46. The van der Waals surface area contributed by atoms with Crippen LogP contribution in [0.2, 0.25) is 0 Å². The van der Waals surface area contributed by atoms with E-state index in [0.717, 1.165) is 16.5 Å². The summed E-state index contributed by atoms with van der Waals surface area (Å²) >= 11 is 1.56. The normalized spacial score (nSPS) is 14.5. The fourth-order valence-electron chi connectivity index (χ4n) is 3.22. The summed E-state index contributed by atoms with van der Waals surface area (Å²) in [4.78, 5) is 38.0. The van der Waals surface area contributed by atoms with E-state index in [1.807, 2.05) is 33.1 Å². The van der Waals surface area contributed by atoms with E-state index >= 15 is 0 Å². The number of carbonyl (C=O) groups is 2. The molecule has 1 amide bonds. The van der Waals surface area contributed by atoms with Gasteiger partial charge in [-0.15, -0.1) is 11.3 Å². The first-order chi connectivity index (χ1) is 13.6. The van der Waals surface area contributed by atoms with Crippen LogP contribution in [0.1, 0.15) is 23.0 Å². The minimum atomic E-state index is -0.365. The van der Waals surface area contributed by atoms with Gasteiger partial charge in [-0.05, 0) is 19.1 Å². The lowest BCUT2D eigenvalue weighted by Gasteiger charge is -2.35. The number of rotatable bonds is 5. The Morgan fingerprint density at radius 1 is 1.21 bits per heavy atom. The van der Waals surface area contributed by atoms with Crippen LogP contribution in [-0.2, 0) is 16.0 Å². The molecule has 28 heavy (non-hydrogen) atoms. The predicted octanol–water partition coefficient (Wildman–Crippen LogP) is 1.86. The van der Waals surface area contributed by atoms with Crippen LogP contribution < -0.4 is 4.90 Å². The van der Waals surface area contributed by atoms with Gasteiger partial charge in [0.15, 0.2) is 4.96 Å². The first-order valence-electron chi connectivity index (χ1n) is 9.21. The van der Waals surface area contributed by atoms with Crippen LogP contribution >= 0.6 is 11.3 Å². The second kappa shape index (κ2) is 7.97. The molecule has 1 saturated heterocycles. The summed E-state index contributed by atoms with van der Waals surface area (Å²) in [5.74, 6) is 0.529. The van der Waals surface area contributed by atoms with Gasteiger partial charge in [0.05, 0.1) is 24.3 Å². The van der Waals surface area contributed by atoms with E-state index in [4.69, 9.17) is 4.74 Å². The Morgan fingerprint density at radius 3 is 2.71 bits per heavy atom. The predicted molar refractivity (Wildman–Crippen MR) is 106 cm³/mol. The molecule has 1 aliphatic rings. The molecule has 3 aromatic rings. The van der Waals surface area contributed by atoms with Crippen molar-refractivity contribution in [3.8, 4) is 0 Å². The molecule has 0 saturated carbocycles. The van der Waals surface area contributed by atoms with E-state index in [2.05, 4.69) is 14.9 Å². The van der Waals surface area contributed by atoms with Crippen LogP contribution in [-0.4, -0.2) is 63.9 Å². The van der Waals surface area contributed by atoms with Crippen molar-refractivity contribution in [3.63, 3.8) is 0 Å². The molecule has 0 unspecified atom stereocenters. The maximum absolute atomic E-state index is 12.6. The average Bonchev–Trinajstić information content (AvgIpc) is 3.30. The molecular weight excluding hydrogens is 378 g/mol. The Hall–Kier alpha value is -2.94. The number of esters is 1. The zero-order chi connectivity index (χ0) is 19.5. The molecule has 1 aliphatic heterocycles. The number of nitrogens with zero attached hydrogens (tertiary/aromatic N) is 5. The minimum Gasteiger partial charge on any atom is -0.462 e. The maximum atomic E-state index is 12.6. The fraction of sp³-hybridized carbons (Fsp3) is 0.368. The van der Waals surface area contributed by atoms with Crippen LogP contribution in [0.3, 0.4) is 0 Å². The van der Waals surface area contributed by atoms with Crippen molar-refractivity contribution in [1.82, 2.24) is 19.3 Å². The second-order valence-electron chi connectivity index (χ2n) is 6.50. The molecule has 4 rings (SSSR count). The number of imidazole rings is 1. The van der Waals surface area contributed by atoms with E-state index in [-0.39, 0.29) is 11.9 Å². The summed E-state index contributed by atoms with van der Waals surface area (Å²) in [6.45, 7) is 4.81. The molecule has 1 fully saturated rings. The summed E-state index contributed by atoms with van der Waals surface area (Å²) in [5.41, 5.74) is 1.25. The largest absolute Gasteiger partial charge is 0.462 e. The lowest BCUT2D eigenvalue weighted by atomic mass is 10.2. The Kier molecular flexibility index (Phi) is 5.25. The van der Waals surface area contributed by atoms with Gasteiger partial charge in [0, 0.05) is 50.1 Å². The molecule has 0 radical (unpaired) electrons. The van der Waals surface area contributed by atoms with Gasteiger partial charge in [-0.3, -0.25) is 9.20 Å². The van der Waals surface area contributed by atoms with Crippen LogP contribution in [0.25, 0.3) is 4.96 Å². The molecule has 3 aromatic heterocycles. The Labute approximate surface area is 166 Å². The van der Waals surface area contributed by atoms with Crippen LogP contribution in [0, 0.1) is 0 Å². The van der Waals surface area contributed by atoms with Gasteiger partial charge in [0.1, 0.15) is 5.82 Å². The molecule has 8 nitrogen and oxygen atoms in total. The van der Waals surface area contributed by atoms with Crippen molar-refractivity contribution in [2.75, 3.05) is 37.7 Å². The van der Waals surface area contributed by atoms with E-state index in [0.29, 0.717) is 44.8 Å². The summed E-state index contributed by atoms with van der Waals surface area (Å²) in [7, 11) is 0. The fourth-order valence-corrected chi connectivity index (χ4v) is 3.94. The topological polar surface area (TPSA) is 80.0 Å². The van der Waals surface area contributed by atoms with Crippen molar-refractivity contribution >= 4 is 34.0 Å². The number of pyridine rings is 1. The smallest absolute Gasteiger partial charge is 0.339 e. The number of thiazole rings is 1. The highest BCUT2D eigenvalue weighted by atomic mass is 32.1. The van der Waals surface area contributed by atoms with Crippen LogP contribution in [0.5, 0.6) is 0 Å². The number of hydrogen-bond acceptors (Lipinski definition) is 7. The van der Waals surface area contributed by atoms with Crippen molar-refractivity contribution < 1.29 is 14.3 Å². The quantitative estimate of drug-likeness (QED) is 0.610. The van der Waals surface area contributed by atoms with Crippen molar-refractivity contribution in [3.05, 3.63) is 47.4 Å². The SMILES string of the molecule is CCOC(=O)c1ccc(N2CCN(C(=O)Cc3cn4ccsc4n3)CC2)nc1. The number of anilines is 1. The van der Waals surface area contributed by atoms with Crippen molar-refractivity contribution in [2.45, 2.75) is 13.3 Å². The number of ether oxygens (including phenoxy) is 1. The zero-order valence-electron chi connectivity index (χ0n) is 15.6. The number of hydrogen-bond donors (Lipinski definition) is 0. The van der Waals surface area contributed by atoms with Gasteiger partial charge in [-0.2, -0.15) is 0 Å². The summed E-state index contributed by atoms with van der Waals surface area (Å²) in [6, 6.07) is 3.55. The summed E-state index contributed by atoms with van der Waals surface area (Å²) in [6.07, 6.45) is 5.71. The van der Waals surface area contributed by atoms with Crippen molar-refractivity contribution in [2.24, 2.45) is 0 Å². The summed E-state index contributed by atoms with van der Waals surface area (Å²) in [5, 5.41) is 1.97. The zero-order valence-corrected chi connectivity index (χ0v) is 16.4. The Balaban J connectivity index is 1.31. The summed E-state index contributed by atoms with van der Waals surface area (Å²) < 4.78 is 6.92. The Bertz CT molecular complexity index is 945. The maximum Gasteiger partial charge on any atom is 0.339 e. The standard InChI is InChI=1S/C19H21N5O3S/c1-2-27-18(26)14-3-4-16(20-12-14)22-5-7-23(8-6-22)17(25)11-15-13-24-9-10-28-19(24)21-15/h3-4,9-10,12-13H,2,5-8,11H2,1H3. The molecular formula is C19H21N5O3S. The molecule has 0 spiro atoms. The molecule has 0 bridgehead atoms. The number of aromatic nitrogens is 3. The average molecular weight is 399 g/mol. The first kappa shape index (κ1) is 18.4. The highest BCUT2D eigenvalue weighted by Gasteiger charge is 2.23. The van der Waals surface area contributed by atoms with E-state index in [1.54, 1.807) is 24.3 Å². The minimum absolute atomic E-state index is 0.0935. The number of carbonyl (C=O) groups excluding carboxylic acids is 2. The molecule has 0 aromatic carbocycles. The lowest BCUT2D eigenvalue weighted by molar-refractivity contribution is -0.130. The van der Waals surface area contributed by atoms with Gasteiger partial charge >= 0.3 is 5.97 Å². The monoisotopic (exact) mass is 399 g/mol. The van der Waals surface area contributed by atoms with Gasteiger partial charge < -0.3 is 14.5 Å². The number of piperazine rings is 1. The number of fused-ring (bicyclic) bond motifs is 1. The molecule has 0 aliphatic carbocycles. The molecule has 0 N–H and O–H groups in total. The van der Waals surface area contributed by atoms with Crippen LogP contribution in [0.4, 0.5) is 5.82 Å². The van der Waals surface area contributed by atoms with Crippen LogP contribution in [0.15, 0.2) is 36.1 Å².